The lowest BCUT2D eigenvalue weighted by Crippen LogP contribution is -1.93. The Bertz CT molecular complexity index is 545. The van der Waals surface area contributed by atoms with Gasteiger partial charge in [-0.05, 0) is 60.4 Å². The quantitative estimate of drug-likeness (QED) is 0.768. The number of nitrogens with one attached hydrogen (secondary N) is 1. The Balaban J connectivity index is 2.62. The normalized spacial score (nSPS) is 10.3. The molecule has 0 bridgehead atoms. The first-order valence-corrected chi connectivity index (χ1v) is 5.76. The molecule has 0 saturated carbocycles. The maximum absolute atomic E-state index is 5.87. The molecular formula is C15H18N2. The molecule has 0 spiro atoms. The second kappa shape index (κ2) is 4.50. The highest BCUT2D eigenvalue weighted by Crippen LogP contribution is 2.30. The van der Waals surface area contributed by atoms with Crippen molar-refractivity contribution in [2.75, 3.05) is 18.1 Å². The fourth-order valence-corrected chi connectivity index (χ4v) is 2.00. The van der Waals surface area contributed by atoms with E-state index in [1.165, 1.54) is 22.3 Å². The van der Waals surface area contributed by atoms with Gasteiger partial charge in [0.1, 0.15) is 0 Å². The minimum absolute atomic E-state index is 0.805. The van der Waals surface area contributed by atoms with Gasteiger partial charge in [0, 0.05) is 18.4 Å². The van der Waals surface area contributed by atoms with Crippen LogP contribution >= 0.6 is 0 Å². The molecule has 88 valence electrons. The Morgan fingerprint density at radius 1 is 0.882 bits per heavy atom. The largest absolute Gasteiger partial charge is 0.399 e. The summed E-state index contributed by atoms with van der Waals surface area (Å²) < 4.78 is 0. The second-order valence-corrected chi connectivity index (χ2v) is 4.35. The van der Waals surface area contributed by atoms with E-state index in [1.807, 2.05) is 19.2 Å². The summed E-state index contributed by atoms with van der Waals surface area (Å²) in [6.45, 7) is 4.23. The lowest BCUT2D eigenvalue weighted by molar-refractivity contribution is 1.39. The standard InChI is InChI=1S/C15H18N2/c1-10-4-6-12(16)8-14(10)15-9-13(17-3)7-5-11(15)2/h4-9,17H,16H2,1-3H3. The number of nitrogens with two attached hydrogens (primary N) is 1. The van der Waals surface area contributed by atoms with Crippen molar-refractivity contribution in [3.8, 4) is 11.1 Å². The maximum atomic E-state index is 5.87. The van der Waals surface area contributed by atoms with Gasteiger partial charge in [0.15, 0.2) is 0 Å². The molecule has 0 saturated heterocycles. The molecule has 2 rings (SSSR count). The minimum Gasteiger partial charge on any atom is -0.399 e. The summed E-state index contributed by atoms with van der Waals surface area (Å²) in [5.74, 6) is 0. The molecule has 17 heavy (non-hydrogen) atoms. The molecule has 0 aromatic heterocycles. The van der Waals surface area contributed by atoms with Crippen molar-refractivity contribution in [2.24, 2.45) is 0 Å². The van der Waals surface area contributed by atoms with E-state index in [9.17, 15) is 0 Å². The first kappa shape index (κ1) is 11.5. The van der Waals surface area contributed by atoms with Crippen LogP contribution in [0.3, 0.4) is 0 Å². The summed E-state index contributed by atoms with van der Waals surface area (Å²) in [5.41, 5.74) is 12.7. The third kappa shape index (κ3) is 2.26. The third-order valence-electron chi connectivity index (χ3n) is 3.08. The molecule has 0 aliphatic heterocycles. The van der Waals surface area contributed by atoms with Crippen LogP contribution in [0.25, 0.3) is 11.1 Å². The van der Waals surface area contributed by atoms with Gasteiger partial charge in [-0.3, -0.25) is 0 Å². The molecule has 2 nitrogen and oxygen atoms in total. The van der Waals surface area contributed by atoms with E-state index in [-0.39, 0.29) is 0 Å². The SMILES string of the molecule is CNc1ccc(C)c(-c2cc(N)ccc2C)c1. The van der Waals surface area contributed by atoms with Crippen LogP contribution < -0.4 is 11.1 Å². The summed E-state index contributed by atoms with van der Waals surface area (Å²) in [6.07, 6.45) is 0. The fourth-order valence-electron chi connectivity index (χ4n) is 2.00. The van der Waals surface area contributed by atoms with Gasteiger partial charge in [-0.15, -0.1) is 0 Å². The zero-order valence-corrected chi connectivity index (χ0v) is 10.5. The predicted octanol–water partition coefficient (Wildman–Crippen LogP) is 3.59. The number of hydrogen-bond acceptors (Lipinski definition) is 2. The van der Waals surface area contributed by atoms with Crippen LogP contribution in [-0.2, 0) is 0 Å². The second-order valence-electron chi connectivity index (χ2n) is 4.35. The van der Waals surface area contributed by atoms with Gasteiger partial charge in [-0.25, -0.2) is 0 Å². The molecule has 0 aliphatic rings. The smallest absolute Gasteiger partial charge is 0.0343 e. The van der Waals surface area contributed by atoms with Crippen LogP contribution in [0.5, 0.6) is 0 Å². The van der Waals surface area contributed by atoms with Gasteiger partial charge in [-0.1, -0.05) is 12.1 Å². The van der Waals surface area contributed by atoms with Crippen molar-refractivity contribution in [2.45, 2.75) is 13.8 Å². The summed E-state index contributed by atoms with van der Waals surface area (Å²) in [6, 6.07) is 12.4. The molecule has 2 heteroatoms. The molecule has 0 aliphatic carbocycles. The lowest BCUT2D eigenvalue weighted by atomic mass is 9.95. The molecular weight excluding hydrogens is 208 g/mol. The number of rotatable bonds is 2. The monoisotopic (exact) mass is 226 g/mol. The number of benzene rings is 2. The molecule has 2 aromatic rings. The van der Waals surface area contributed by atoms with Crippen molar-refractivity contribution < 1.29 is 0 Å². The van der Waals surface area contributed by atoms with Gasteiger partial charge in [-0.2, -0.15) is 0 Å². The van der Waals surface area contributed by atoms with Gasteiger partial charge in [0.25, 0.3) is 0 Å². The molecule has 2 aromatic carbocycles. The fraction of sp³-hybridized carbons (Fsp3) is 0.200. The van der Waals surface area contributed by atoms with E-state index in [0.717, 1.165) is 11.4 Å². The van der Waals surface area contributed by atoms with E-state index in [1.54, 1.807) is 0 Å². The molecule has 0 unspecified atom stereocenters. The maximum Gasteiger partial charge on any atom is 0.0343 e. The summed E-state index contributed by atoms with van der Waals surface area (Å²) >= 11 is 0. The number of anilines is 2. The molecule has 0 radical (unpaired) electrons. The highest BCUT2D eigenvalue weighted by molar-refractivity contribution is 5.76. The molecule has 0 heterocycles. The van der Waals surface area contributed by atoms with Crippen molar-refractivity contribution in [3.05, 3.63) is 47.5 Å². The zero-order valence-electron chi connectivity index (χ0n) is 10.5. The summed E-state index contributed by atoms with van der Waals surface area (Å²) in [5, 5.41) is 3.17. The van der Waals surface area contributed by atoms with Crippen molar-refractivity contribution in [1.29, 1.82) is 0 Å². The minimum atomic E-state index is 0.805. The molecule has 0 atom stereocenters. The highest BCUT2D eigenvalue weighted by atomic mass is 14.8. The van der Waals surface area contributed by atoms with Crippen LogP contribution in [0.15, 0.2) is 36.4 Å². The van der Waals surface area contributed by atoms with Crippen molar-refractivity contribution in [1.82, 2.24) is 0 Å². The first-order valence-electron chi connectivity index (χ1n) is 5.76. The Morgan fingerprint density at radius 3 is 2.12 bits per heavy atom. The summed E-state index contributed by atoms with van der Waals surface area (Å²) in [4.78, 5) is 0. The molecule has 0 fully saturated rings. The van der Waals surface area contributed by atoms with E-state index >= 15 is 0 Å². The first-order chi connectivity index (χ1) is 8.11. The number of hydrogen-bond donors (Lipinski definition) is 2. The van der Waals surface area contributed by atoms with E-state index in [4.69, 9.17) is 5.73 Å². The topological polar surface area (TPSA) is 38.0 Å². The number of nitrogen functional groups attached to an aromatic ring is 1. The van der Waals surface area contributed by atoms with E-state index < -0.39 is 0 Å². The van der Waals surface area contributed by atoms with Crippen molar-refractivity contribution >= 4 is 11.4 Å². The van der Waals surface area contributed by atoms with Crippen LogP contribution in [0.4, 0.5) is 11.4 Å². The van der Waals surface area contributed by atoms with Gasteiger partial charge >= 0.3 is 0 Å². The Labute approximate surface area is 102 Å². The van der Waals surface area contributed by atoms with Crippen LogP contribution in [0.1, 0.15) is 11.1 Å². The van der Waals surface area contributed by atoms with E-state index in [2.05, 4.69) is 43.4 Å². The predicted molar refractivity (Wildman–Crippen MR) is 75.3 cm³/mol. The third-order valence-corrected chi connectivity index (χ3v) is 3.08. The number of aryl methyl sites for hydroxylation is 2. The molecule has 0 amide bonds. The van der Waals surface area contributed by atoms with Crippen molar-refractivity contribution in [3.63, 3.8) is 0 Å². The van der Waals surface area contributed by atoms with Gasteiger partial charge in [0.2, 0.25) is 0 Å². The highest BCUT2D eigenvalue weighted by Gasteiger charge is 2.06. The molecule has 3 N–H and O–H groups in total. The van der Waals surface area contributed by atoms with E-state index in [0.29, 0.717) is 0 Å². The Morgan fingerprint density at radius 2 is 1.47 bits per heavy atom. The van der Waals surface area contributed by atoms with Gasteiger partial charge < -0.3 is 11.1 Å². The zero-order chi connectivity index (χ0) is 12.4. The Hall–Kier alpha value is -1.96. The average Bonchev–Trinajstić information content (AvgIpc) is 2.33. The van der Waals surface area contributed by atoms with Crippen LogP contribution in [0.2, 0.25) is 0 Å². The van der Waals surface area contributed by atoms with Crippen LogP contribution in [0, 0.1) is 13.8 Å². The Kier molecular flexibility index (Phi) is 3.05. The average molecular weight is 226 g/mol. The van der Waals surface area contributed by atoms with Gasteiger partial charge in [0.05, 0.1) is 0 Å². The van der Waals surface area contributed by atoms with Crippen LogP contribution in [-0.4, -0.2) is 7.05 Å². The lowest BCUT2D eigenvalue weighted by Gasteiger charge is -2.12. The summed E-state index contributed by atoms with van der Waals surface area (Å²) in [7, 11) is 1.93.